The minimum Gasteiger partial charge on any atom is -0.493 e. The maximum Gasteiger partial charge on any atom is 0.244 e. The van der Waals surface area contributed by atoms with Crippen LogP contribution in [0.5, 0.6) is 11.5 Å². The van der Waals surface area contributed by atoms with Crippen molar-refractivity contribution in [3.05, 3.63) is 29.5 Å². The van der Waals surface area contributed by atoms with Crippen molar-refractivity contribution >= 4 is 11.8 Å². The van der Waals surface area contributed by atoms with Gasteiger partial charge in [-0.3, -0.25) is 0 Å². The van der Waals surface area contributed by atoms with Crippen LogP contribution in [-0.2, 0) is 17.7 Å². The molecule has 1 aromatic carbocycles. The first-order valence-corrected chi connectivity index (χ1v) is 8.66. The van der Waals surface area contributed by atoms with Crippen molar-refractivity contribution in [1.29, 1.82) is 0 Å². The van der Waals surface area contributed by atoms with Crippen molar-refractivity contribution < 1.29 is 14.2 Å². The summed E-state index contributed by atoms with van der Waals surface area (Å²) in [6, 6.07) is 4.10. The van der Waals surface area contributed by atoms with Crippen LogP contribution in [0.2, 0.25) is 0 Å². The average molecular weight is 359 g/mol. The normalized spacial score (nSPS) is 13.3. The maximum absolute atomic E-state index is 5.42. The number of rotatable bonds is 8. The lowest BCUT2D eigenvalue weighted by molar-refractivity contribution is 0.197. The first-order valence-electron chi connectivity index (χ1n) is 8.66. The molecule has 2 aromatic rings. The molecule has 0 atom stereocenters. The number of methoxy groups -OCH3 is 3. The molecule has 8 heteroatoms. The van der Waals surface area contributed by atoms with Gasteiger partial charge < -0.3 is 24.4 Å². The number of hydrogen-bond acceptors (Lipinski definition) is 8. The summed E-state index contributed by atoms with van der Waals surface area (Å²) in [6.07, 6.45) is 3.51. The number of nitrogens with one attached hydrogen (secondary N) is 1. The highest BCUT2D eigenvalue weighted by atomic mass is 16.5. The predicted molar refractivity (Wildman–Crippen MR) is 99.1 cm³/mol. The molecule has 3 rings (SSSR count). The molecule has 1 N–H and O–H groups in total. The molecule has 1 aromatic heterocycles. The van der Waals surface area contributed by atoms with Gasteiger partial charge in [-0.25, -0.2) is 0 Å². The third-order valence-corrected chi connectivity index (χ3v) is 4.40. The van der Waals surface area contributed by atoms with Gasteiger partial charge in [0.1, 0.15) is 0 Å². The molecule has 0 fully saturated rings. The van der Waals surface area contributed by atoms with Crippen LogP contribution in [0, 0.1) is 0 Å². The SMILES string of the molecule is COCCCNc1nncc(N2CCc3cc(OC)c(OC)cc3C2)n1. The monoisotopic (exact) mass is 359 g/mol. The van der Waals surface area contributed by atoms with Crippen LogP contribution < -0.4 is 19.7 Å². The Morgan fingerprint density at radius 1 is 1.12 bits per heavy atom. The molecule has 0 aliphatic carbocycles. The summed E-state index contributed by atoms with van der Waals surface area (Å²) in [4.78, 5) is 6.79. The van der Waals surface area contributed by atoms with E-state index in [4.69, 9.17) is 14.2 Å². The van der Waals surface area contributed by atoms with E-state index in [0.29, 0.717) is 12.6 Å². The quantitative estimate of drug-likeness (QED) is 0.716. The molecule has 0 radical (unpaired) electrons. The standard InChI is InChI=1S/C18H25N5O3/c1-24-8-4-6-19-18-21-17(11-20-22-18)23-7-5-13-9-15(25-2)16(26-3)10-14(13)12-23/h9-11H,4-8,12H2,1-3H3,(H,19,21,22). The van der Waals surface area contributed by atoms with E-state index in [2.05, 4.69) is 31.5 Å². The van der Waals surface area contributed by atoms with Gasteiger partial charge in [-0.2, -0.15) is 10.1 Å². The van der Waals surface area contributed by atoms with Gasteiger partial charge in [-0.15, -0.1) is 5.10 Å². The molecule has 8 nitrogen and oxygen atoms in total. The summed E-state index contributed by atoms with van der Waals surface area (Å²) in [7, 11) is 5.01. The van der Waals surface area contributed by atoms with Gasteiger partial charge in [0.15, 0.2) is 17.3 Å². The van der Waals surface area contributed by atoms with E-state index in [1.807, 2.05) is 6.07 Å². The molecule has 0 bridgehead atoms. The van der Waals surface area contributed by atoms with Gasteiger partial charge in [-0.05, 0) is 36.1 Å². The zero-order chi connectivity index (χ0) is 18.4. The fourth-order valence-corrected chi connectivity index (χ4v) is 3.02. The fourth-order valence-electron chi connectivity index (χ4n) is 3.02. The first-order chi connectivity index (χ1) is 12.7. The van der Waals surface area contributed by atoms with E-state index in [1.165, 1.54) is 11.1 Å². The van der Waals surface area contributed by atoms with Crippen molar-refractivity contribution in [3.63, 3.8) is 0 Å². The number of anilines is 2. The van der Waals surface area contributed by atoms with Crippen LogP contribution in [-0.4, -0.2) is 56.2 Å². The average Bonchev–Trinajstić information content (AvgIpc) is 2.70. The number of aromatic nitrogens is 3. The summed E-state index contributed by atoms with van der Waals surface area (Å²) < 4.78 is 15.9. The molecule has 0 spiro atoms. The Kier molecular flexibility index (Phi) is 6.06. The van der Waals surface area contributed by atoms with Crippen LogP contribution in [0.15, 0.2) is 18.3 Å². The summed E-state index contributed by atoms with van der Waals surface area (Å²) in [5.74, 6) is 2.87. The van der Waals surface area contributed by atoms with E-state index in [-0.39, 0.29) is 0 Å². The lowest BCUT2D eigenvalue weighted by Gasteiger charge is -2.30. The van der Waals surface area contributed by atoms with Crippen molar-refractivity contribution in [2.45, 2.75) is 19.4 Å². The lowest BCUT2D eigenvalue weighted by atomic mass is 9.99. The molecule has 0 saturated heterocycles. The zero-order valence-electron chi connectivity index (χ0n) is 15.5. The van der Waals surface area contributed by atoms with Crippen molar-refractivity contribution in [2.24, 2.45) is 0 Å². The molecule has 140 valence electrons. The van der Waals surface area contributed by atoms with Crippen molar-refractivity contribution in [3.8, 4) is 11.5 Å². The number of ether oxygens (including phenoxy) is 3. The molecule has 0 saturated carbocycles. The Bertz CT molecular complexity index is 741. The van der Waals surface area contributed by atoms with Crippen LogP contribution in [0.3, 0.4) is 0 Å². The van der Waals surface area contributed by atoms with Crippen molar-refractivity contribution in [1.82, 2.24) is 15.2 Å². The molecule has 2 heterocycles. The van der Waals surface area contributed by atoms with Crippen LogP contribution in [0.25, 0.3) is 0 Å². The number of benzene rings is 1. The Hall–Kier alpha value is -2.61. The van der Waals surface area contributed by atoms with Gasteiger partial charge >= 0.3 is 0 Å². The molecule has 1 aliphatic rings. The van der Waals surface area contributed by atoms with Gasteiger partial charge in [0, 0.05) is 33.4 Å². The lowest BCUT2D eigenvalue weighted by Crippen LogP contribution is -2.31. The predicted octanol–water partition coefficient (Wildman–Crippen LogP) is 1.90. The Morgan fingerprint density at radius 2 is 1.88 bits per heavy atom. The van der Waals surface area contributed by atoms with E-state index in [1.54, 1.807) is 27.5 Å². The highest BCUT2D eigenvalue weighted by molar-refractivity contribution is 5.52. The van der Waals surface area contributed by atoms with Gasteiger partial charge in [0.2, 0.25) is 5.95 Å². The Balaban J connectivity index is 1.72. The topological polar surface area (TPSA) is 81.6 Å². The van der Waals surface area contributed by atoms with Crippen molar-refractivity contribution in [2.75, 3.05) is 51.2 Å². The highest BCUT2D eigenvalue weighted by Crippen LogP contribution is 2.34. The summed E-state index contributed by atoms with van der Waals surface area (Å²) in [6.45, 7) is 3.06. The maximum atomic E-state index is 5.42. The highest BCUT2D eigenvalue weighted by Gasteiger charge is 2.21. The smallest absolute Gasteiger partial charge is 0.244 e. The molecule has 26 heavy (non-hydrogen) atoms. The van der Waals surface area contributed by atoms with Crippen LogP contribution in [0.1, 0.15) is 17.5 Å². The van der Waals surface area contributed by atoms with Crippen LogP contribution in [0.4, 0.5) is 11.8 Å². The van der Waals surface area contributed by atoms with E-state index < -0.39 is 0 Å². The summed E-state index contributed by atoms with van der Waals surface area (Å²) in [5, 5.41) is 11.3. The molecular formula is C18H25N5O3. The minimum absolute atomic E-state index is 0.539. The summed E-state index contributed by atoms with van der Waals surface area (Å²) in [5.41, 5.74) is 2.49. The van der Waals surface area contributed by atoms with Crippen LogP contribution >= 0.6 is 0 Å². The third kappa shape index (κ3) is 4.13. The number of hydrogen-bond donors (Lipinski definition) is 1. The number of fused-ring (bicyclic) bond motifs is 1. The fraction of sp³-hybridized carbons (Fsp3) is 0.500. The second-order valence-corrected chi connectivity index (χ2v) is 6.06. The second-order valence-electron chi connectivity index (χ2n) is 6.06. The molecule has 1 aliphatic heterocycles. The largest absolute Gasteiger partial charge is 0.493 e. The summed E-state index contributed by atoms with van der Waals surface area (Å²) >= 11 is 0. The third-order valence-electron chi connectivity index (χ3n) is 4.40. The van der Waals surface area contributed by atoms with E-state index in [0.717, 1.165) is 49.8 Å². The second kappa shape index (κ2) is 8.66. The molecular weight excluding hydrogens is 334 g/mol. The first kappa shape index (κ1) is 18.2. The van der Waals surface area contributed by atoms with E-state index >= 15 is 0 Å². The Labute approximate surface area is 153 Å². The van der Waals surface area contributed by atoms with Gasteiger partial charge in [-0.1, -0.05) is 0 Å². The zero-order valence-corrected chi connectivity index (χ0v) is 15.5. The minimum atomic E-state index is 0.539. The molecule has 0 unspecified atom stereocenters. The number of nitrogens with zero attached hydrogens (tertiary/aromatic N) is 4. The Morgan fingerprint density at radius 3 is 2.62 bits per heavy atom. The van der Waals surface area contributed by atoms with Gasteiger partial charge in [0.05, 0.1) is 20.4 Å². The molecule has 0 amide bonds. The van der Waals surface area contributed by atoms with Gasteiger partial charge in [0.25, 0.3) is 0 Å². The van der Waals surface area contributed by atoms with E-state index in [9.17, 15) is 0 Å².